The number of thiophene rings is 1. The largest absolute Gasteiger partial charge is 0.497 e. The van der Waals surface area contributed by atoms with Gasteiger partial charge in [-0.15, -0.1) is 11.3 Å². The number of benzene rings is 3. The minimum atomic E-state index is -0.0800. The highest BCUT2D eigenvalue weighted by Gasteiger charge is 2.21. The van der Waals surface area contributed by atoms with Crippen molar-refractivity contribution in [1.82, 2.24) is 14.5 Å². The van der Waals surface area contributed by atoms with Crippen molar-refractivity contribution >= 4 is 43.5 Å². The molecule has 0 N–H and O–H groups in total. The Kier molecular flexibility index (Phi) is 5.79. The topological polar surface area (TPSA) is 57.0 Å². The molecule has 0 radical (unpaired) electrons. The van der Waals surface area contributed by atoms with Crippen LogP contribution in [0, 0.1) is 0 Å². The number of methoxy groups -OCH3 is 1. The van der Waals surface area contributed by atoms with Crippen LogP contribution >= 0.6 is 23.1 Å². The van der Waals surface area contributed by atoms with Crippen molar-refractivity contribution in [2.45, 2.75) is 5.16 Å². The van der Waals surface area contributed by atoms with Gasteiger partial charge in [0.2, 0.25) is 0 Å². The van der Waals surface area contributed by atoms with Crippen LogP contribution in [-0.2, 0) is 0 Å². The monoisotopic (exact) mass is 507 g/mol. The molecule has 36 heavy (non-hydrogen) atoms. The standard InChI is InChI=1S/C29H21N3O2S2/c1-34-21-15-13-19(14-16-21)23-17-22(18-9-5-3-6-10-18)24-25-26(36-27(24)30-23)28(33)32(29(31-25)35-2)20-11-7-4-8-12-20/h3-17H,1-2H3. The van der Waals surface area contributed by atoms with Gasteiger partial charge < -0.3 is 4.74 Å². The lowest BCUT2D eigenvalue weighted by molar-refractivity contribution is 0.415. The zero-order chi connectivity index (χ0) is 24.6. The number of thioether (sulfide) groups is 1. The maximum absolute atomic E-state index is 13.8. The minimum absolute atomic E-state index is 0.0800. The van der Waals surface area contributed by atoms with Gasteiger partial charge in [-0.25, -0.2) is 9.97 Å². The average Bonchev–Trinajstić information content (AvgIpc) is 3.32. The fourth-order valence-electron chi connectivity index (χ4n) is 4.37. The zero-order valence-electron chi connectivity index (χ0n) is 19.6. The molecule has 176 valence electrons. The summed E-state index contributed by atoms with van der Waals surface area (Å²) in [5.41, 5.74) is 5.30. The summed E-state index contributed by atoms with van der Waals surface area (Å²) < 4.78 is 7.61. The molecule has 7 heteroatoms. The normalized spacial score (nSPS) is 11.3. The quantitative estimate of drug-likeness (QED) is 0.185. The second-order valence-electron chi connectivity index (χ2n) is 8.18. The van der Waals surface area contributed by atoms with Gasteiger partial charge in [0.05, 0.1) is 24.0 Å². The Morgan fingerprint density at radius 3 is 2.22 bits per heavy atom. The first-order valence-electron chi connectivity index (χ1n) is 11.4. The molecule has 0 spiro atoms. The summed E-state index contributed by atoms with van der Waals surface area (Å²) in [6, 6.07) is 29.8. The third-order valence-corrected chi connectivity index (χ3v) is 7.80. The van der Waals surface area contributed by atoms with Gasteiger partial charge in [-0.05, 0) is 59.8 Å². The van der Waals surface area contributed by atoms with Crippen molar-refractivity contribution < 1.29 is 4.74 Å². The molecule has 0 amide bonds. The number of nitrogens with zero attached hydrogens (tertiary/aromatic N) is 3. The Bertz CT molecular complexity index is 1760. The molecule has 0 fully saturated rings. The molecule has 0 aliphatic heterocycles. The van der Waals surface area contributed by atoms with Crippen molar-refractivity contribution in [3.8, 4) is 33.8 Å². The Morgan fingerprint density at radius 2 is 1.56 bits per heavy atom. The van der Waals surface area contributed by atoms with Crippen LogP contribution in [0.25, 0.3) is 48.5 Å². The van der Waals surface area contributed by atoms with Crippen molar-refractivity contribution in [2.75, 3.05) is 13.4 Å². The molecule has 3 heterocycles. The summed E-state index contributed by atoms with van der Waals surface area (Å²) in [5, 5.41) is 1.56. The van der Waals surface area contributed by atoms with E-state index in [-0.39, 0.29) is 5.56 Å². The SMILES string of the molecule is COc1ccc(-c2cc(-c3ccccc3)c3c(n2)sc2c(=O)n(-c4ccccc4)c(SC)nc23)cc1. The molecule has 0 unspecified atom stereocenters. The summed E-state index contributed by atoms with van der Waals surface area (Å²) >= 11 is 2.86. The molecule has 6 aromatic rings. The van der Waals surface area contributed by atoms with Gasteiger partial charge in [0, 0.05) is 10.9 Å². The lowest BCUT2D eigenvalue weighted by Gasteiger charge is -2.11. The Hall–Kier alpha value is -3.94. The molecule has 5 nitrogen and oxygen atoms in total. The highest BCUT2D eigenvalue weighted by molar-refractivity contribution is 7.98. The first kappa shape index (κ1) is 22.5. The molecule has 3 aromatic carbocycles. The van der Waals surface area contributed by atoms with Gasteiger partial charge in [0.1, 0.15) is 15.3 Å². The number of ether oxygens (including phenoxy) is 1. The fourth-order valence-corrected chi connectivity index (χ4v) is 5.99. The highest BCUT2D eigenvalue weighted by Crippen LogP contribution is 2.40. The number of hydrogen-bond donors (Lipinski definition) is 0. The molecule has 0 saturated carbocycles. The summed E-state index contributed by atoms with van der Waals surface area (Å²) in [6.07, 6.45) is 1.94. The maximum Gasteiger partial charge on any atom is 0.276 e. The van der Waals surface area contributed by atoms with E-state index in [2.05, 4.69) is 18.2 Å². The van der Waals surface area contributed by atoms with Crippen molar-refractivity contribution in [3.63, 3.8) is 0 Å². The van der Waals surface area contributed by atoms with E-state index >= 15 is 0 Å². The summed E-state index contributed by atoms with van der Waals surface area (Å²) in [5.74, 6) is 0.792. The first-order valence-corrected chi connectivity index (χ1v) is 13.4. The third-order valence-electron chi connectivity index (χ3n) is 6.10. The molecule has 3 aromatic heterocycles. The smallest absolute Gasteiger partial charge is 0.276 e. The van der Waals surface area contributed by atoms with E-state index < -0.39 is 0 Å². The van der Waals surface area contributed by atoms with Crippen LogP contribution in [-0.4, -0.2) is 27.9 Å². The molecule has 0 bridgehead atoms. The predicted octanol–water partition coefficient (Wildman–Crippen LogP) is 7.06. The zero-order valence-corrected chi connectivity index (χ0v) is 21.3. The summed E-state index contributed by atoms with van der Waals surface area (Å²) in [6.45, 7) is 0. The number of hydrogen-bond acceptors (Lipinski definition) is 6. The van der Waals surface area contributed by atoms with Gasteiger partial charge in [0.25, 0.3) is 5.56 Å². The number of aromatic nitrogens is 3. The van der Waals surface area contributed by atoms with Crippen molar-refractivity contribution in [1.29, 1.82) is 0 Å². The molecule has 0 atom stereocenters. The first-order chi connectivity index (χ1) is 17.7. The number of rotatable bonds is 5. The van der Waals surface area contributed by atoms with Gasteiger partial charge in [0.15, 0.2) is 5.16 Å². The second kappa shape index (κ2) is 9.26. The van der Waals surface area contributed by atoms with Crippen LogP contribution in [0.2, 0.25) is 0 Å². The van der Waals surface area contributed by atoms with Gasteiger partial charge >= 0.3 is 0 Å². The van der Waals surface area contributed by atoms with Crippen LogP contribution in [0.3, 0.4) is 0 Å². The average molecular weight is 508 g/mol. The van der Waals surface area contributed by atoms with E-state index in [0.717, 1.165) is 44.0 Å². The lowest BCUT2D eigenvalue weighted by Crippen LogP contribution is -2.20. The molecule has 0 aliphatic carbocycles. The van der Waals surface area contributed by atoms with Gasteiger partial charge in [-0.3, -0.25) is 9.36 Å². The lowest BCUT2D eigenvalue weighted by atomic mass is 10.00. The molecule has 6 rings (SSSR count). The van der Waals surface area contributed by atoms with Crippen LogP contribution < -0.4 is 10.3 Å². The number of fused-ring (bicyclic) bond motifs is 3. The summed E-state index contributed by atoms with van der Waals surface area (Å²) in [4.78, 5) is 24.6. The third kappa shape index (κ3) is 3.77. The van der Waals surface area contributed by atoms with Crippen molar-refractivity contribution in [2.24, 2.45) is 0 Å². The van der Waals surface area contributed by atoms with E-state index in [9.17, 15) is 4.79 Å². The highest BCUT2D eigenvalue weighted by atomic mass is 32.2. The second-order valence-corrected chi connectivity index (χ2v) is 9.96. The van der Waals surface area contributed by atoms with E-state index in [1.807, 2.05) is 79.1 Å². The number of para-hydroxylation sites is 1. The molecular weight excluding hydrogens is 486 g/mol. The number of pyridine rings is 1. The fraction of sp³-hybridized carbons (Fsp3) is 0.0690. The van der Waals surface area contributed by atoms with E-state index in [1.165, 1.54) is 23.1 Å². The van der Waals surface area contributed by atoms with Crippen molar-refractivity contribution in [3.05, 3.63) is 101 Å². The predicted molar refractivity (Wildman–Crippen MR) is 150 cm³/mol. The minimum Gasteiger partial charge on any atom is -0.497 e. The Morgan fingerprint density at radius 1 is 0.861 bits per heavy atom. The molecular formula is C29H21N3O2S2. The van der Waals surface area contributed by atoms with E-state index in [4.69, 9.17) is 14.7 Å². The van der Waals surface area contributed by atoms with Crippen LogP contribution in [0.5, 0.6) is 5.75 Å². The molecule has 0 aliphatic rings. The van der Waals surface area contributed by atoms with E-state index in [0.29, 0.717) is 15.4 Å². The van der Waals surface area contributed by atoms with Crippen LogP contribution in [0.1, 0.15) is 0 Å². The van der Waals surface area contributed by atoms with Crippen LogP contribution in [0.15, 0.2) is 101 Å². The van der Waals surface area contributed by atoms with E-state index in [1.54, 1.807) is 11.7 Å². The Balaban J connectivity index is 1.69. The van der Waals surface area contributed by atoms with Gasteiger partial charge in [-0.1, -0.05) is 60.3 Å². The maximum atomic E-state index is 13.8. The Labute approximate surface area is 216 Å². The molecule has 0 saturated heterocycles. The van der Waals surface area contributed by atoms with Gasteiger partial charge in [-0.2, -0.15) is 0 Å². The van der Waals surface area contributed by atoms with Crippen LogP contribution in [0.4, 0.5) is 0 Å². The summed E-state index contributed by atoms with van der Waals surface area (Å²) in [7, 11) is 1.65.